The van der Waals surface area contributed by atoms with Gasteiger partial charge in [-0.05, 0) is 33.7 Å². The smallest absolute Gasteiger partial charge is 0.338 e. The summed E-state index contributed by atoms with van der Waals surface area (Å²) >= 11 is 0. The van der Waals surface area contributed by atoms with Crippen LogP contribution in [0.25, 0.3) is 0 Å². The van der Waals surface area contributed by atoms with E-state index in [1.54, 1.807) is 20.8 Å². The molecule has 0 radical (unpaired) electrons. The number of carbonyl (C=O) groups is 2. The van der Waals surface area contributed by atoms with Crippen molar-refractivity contribution in [3.05, 3.63) is 0 Å². The first-order valence-electron chi connectivity index (χ1n) is 4.50. The summed E-state index contributed by atoms with van der Waals surface area (Å²) < 4.78 is 5.02. The minimum absolute atomic E-state index is 0.289. The quantitative estimate of drug-likeness (QED) is 0.491. The van der Waals surface area contributed by atoms with Crippen molar-refractivity contribution in [2.24, 2.45) is 0 Å². The van der Waals surface area contributed by atoms with Crippen LogP contribution in [0, 0.1) is 0 Å². The highest BCUT2D eigenvalue weighted by Crippen LogP contribution is 2.23. The lowest BCUT2D eigenvalue weighted by Gasteiger charge is -2.38. The molecule has 1 fully saturated rings. The van der Waals surface area contributed by atoms with Crippen molar-refractivity contribution in [3.8, 4) is 0 Å². The number of hydrogen-bond acceptors (Lipinski definition) is 4. The number of carboxylic acid groups (broad SMARTS) is 1. The first-order valence-corrected chi connectivity index (χ1v) is 4.50. The van der Waals surface area contributed by atoms with Crippen molar-refractivity contribution in [2.75, 3.05) is 6.54 Å². The normalized spacial score (nSPS) is 26.5. The number of carboxylic acids is 1. The SMILES string of the molecule is CC(C)(C)OC(=O)[C@@]1(C(=O)O)CCN1. The zero-order valence-electron chi connectivity index (χ0n) is 8.59. The molecule has 80 valence electrons. The molecule has 5 heteroatoms. The summed E-state index contributed by atoms with van der Waals surface area (Å²) in [4.78, 5) is 22.4. The van der Waals surface area contributed by atoms with Gasteiger partial charge in [-0.3, -0.25) is 5.32 Å². The molecule has 0 aromatic heterocycles. The molecule has 1 rings (SSSR count). The van der Waals surface area contributed by atoms with Crippen LogP contribution in [0.1, 0.15) is 27.2 Å². The summed E-state index contributed by atoms with van der Waals surface area (Å²) in [5.41, 5.74) is -2.16. The summed E-state index contributed by atoms with van der Waals surface area (Å²) in [5, 5.41) is 11.5. The number of hydrogen-bond donors (Lipinski definition) is 2. The van der Waals surface area contributed by atoms with Crippen molar-refractivity contribution >= 4 is 11.9 Å². The molecule has 0 aliphatic carbocycles. The third kappa shape index (κ3) is 1.87. The average molecular weight is 201 g/mol. The molecule has 0 aromatic rings. The molecule has 5 nitrogen and oxygen atoms in total. The highest BCUT2D eigenvalue weighted by Gasteiger charge is 2.53. The van der Waals surface area contributed by atoms with Gasteiger partial charge in [-0.1, -0.05) is 0 Å². The Morgan fingerprint density at radius 2 is 1.93 bits per heavy atom. The van der Waals surface area contributed by atoms with Crippen molar-refractivity contribution in [1.29, 1.82) is 0 Å². The molecule has 0 unspecified atom stereocenters. The molecule has 1 heterocycles. The minimum Gasteiger partial charge on any atom is -0.479 e. The number of rotatable bonds is 2. The lowest BCUT2D eigenvalue weighted by molar-refractivity contribution is -0.175. The van der Waals surface area contributed by atoms with Gasteiger partial charge in [0.15, 0.2) is 0 Å². The van der Waals surface area contributed by atoms with E-state index in [0.717, 1.165) is 0 Å². The van der Waals surface area contributed by atoms with Crippen molar-refractivity contribution < 1.29 is 19.4 Å². The van der Waals surface area contributed by atoms with E-state index in [2.05, 4.69) is 5.32 Å². The third-order valence-corrected chi connectivity index (χ3v) is 2.04. The lowest BCUT2D eigenvalue weighted by Crippen LogP contribution is -2.68. The first kappa shape index (κ1) is 11.0. The van der Waals surface area contributed by atoms with E-state index in [9.17, 15) is 9.59 Å². The summed E-state index contributed by atoms with van der Waals surface area (Å²) in [7, 11) is 0. The standard InChI is InChI=1S/C9H15NO4/c1-8(2,3)14-7(13)9(6(11)12)4-5-10-9/h10H,4-5H2,1-3H3,(H,11,12)/t9-/m0/s1. The van der Waals surface area contributed by atoms with Crippen LogP contribution in [0.4, 0.5) is 0 Å². The largest absolute Gasteiger partial charge is 0.479 e. The second-order valence-electron chi connectivity index (χ2n) is 4.39. The Bertz CT molecular complexity index is 262. The number of esters is 1. The Hall–Kier alpha value is -1.10. The van der Waals surface area contributed by atoms with Crippen LogP contribution >= 0.6 is 0 Å². The fourth-order valence-electron chi connectivity index (χ4n) is 1.18. The van der Waals surface area contributed by atoms with E-state index in [1.165, 1.54) is 0 Å². The van der Waals surface area contributed by atoms with E-state index in [4.69, 9.17) is 9.84 Å². The number of carbonyl (C=O) groups excluding carboxylic acids is 1. The second-order valence-corrected chi connectivity index (χ2v) is 4.39. The van der Waals surface area contributed by atoms with Crippen LogP contribution in [-0.4, -0.2) is 34.7 Å². The first-order chi connectivity index (χ1) is 6.28. The molecule has 1 aliphatic heterocycles. The van der Waals surface area contributed by atoms with Gasteiger partial charge >= 0.3 is 11.9 Å². The van der Waals surface area contributed by atoms with Crippen LogP contribution in [0.3, 0.4) is 0 Å². The lowest BCUT2D eigenvalue weighted by atomic mass is 9.88. The summed E-state index contributed by atoms with van der Waals surface area (Å²) in [6.45, 7) is 5.66. The molecule has 1 aliphatic rings. The Morgan fingerprint density at radius 1 is 1.43 bits per heavy atom. The maximum atomic E-state index is 11.5. The zero-order chi connectivity index (χ0) is 11.0. The summed E-state index contributed by atoms with van der Waals surface area (Å²) in [5.74, 6) is -1.87. The van der Waals surface area contributed by atoms with E-state index >= 15 is 0 Å². The fourth-order valence-corrected chi connectivity index (χ4v) is 1.18. The molecule has 1 atom stereocenters. The Morgan fingerprint density at radius 3 is 2.14 bits per heavy atom. The van der Waals surface area contributed by atoms with Crippen LogP contribution in [-0.2, 0) is 14.3 Å². The summed E-state index contributed by atoms with van der Waals surface area (Å²) in [6, 6.07) is 0. The average Bonchev–Trinajstić information content (AvgIpc) is 1.76. The van der Waals surface area contributed by atoms with Gasteiger partial charge in [-0.15, -0.1) is 0 Å². The van der Waals surface area contributed by atoms with E-state index in [0.29, 0.717) is 6.54 Å². The predicted octanol–water partition coefficient (Wildman–Crippen LogP) is 0.145. The van der Waals surface area contributed by atoms with Crippen LogP contribution in [0.15, 0.2) is 0 Å². The highest BCUT2D eigenvalue weighted by atomic mass is 16.6. The molecule has 0 saturated carbocycles. The van der Waals surface area contributed by atoms with Crippen LogP contribution < -0.4 is 5.32 Å². The highest BCUT2D eigenvalue weighted by molar-refractivity contribution is 6.05. The molecule has 0 amide bonds. The predicted molar refractivity (Wildman–Crippen MR) is 48.8 cm³/mol. The molecule has 2 N–H and O–H groups in total. The van der Waals surface area contributed by atoms with Gasteiger partial charge in [0.25, 0.3) is 0 Å². The Balaban J connectivity index is 2.72. The minimum atomic E-state index is -1.51. The van der Waals surface area contributed by atoms with E-state index in [-0.39, 0.29) is 6.42 Å². The molecule has 1 saturated heterocycles. The Labute approximate surface area is 82.4 Å². The maximum Gasteiger partial charge on any atom is 0.338 e. The molecule has 0 spiro atoms. The topological polar surface area (TPSA) is 75.6 Å². The molecule has 14 heavy (non-hydrogen) atoms. The van der Waals surface area contributed by atoms with Crippen molar-refractivity contribution in [3.63, 3.8) is 0 Å². The number of nitrogens with one attached hydrogen (secondary N) is 1. The van der Waals surface area contributed by atoms with Crippen LogP contribution in [0.5, 0.6) is 0 Å². The Kier molecular flexibility index (Phi) is 2.54. The number of ether oxygens (including phenoxy) is 1. The van der Waals surface area contributed by atoms with Crippen LogP contribution in [0.2, 0.25) is 0 Å². The van der Waals surface area contributed by atoms with E-state index < -0.39 is 23.1 Å². The van der Waals surface area contributed by atoms with Crippen molar-refractivity contribution in [1.82, 2.24) is 5.32 Å². The van der Waals surface area contributed by atoms with Gasteiger partial charge in [-0.25, -0.2) is 9.59 Å². The van der Waals surface area contributed by atoms with Gasteiger partial charge in [0.05, 0.1) is 0 Å². The van der Waals surface area contributed by atoms with Gasteiger partial charge in [-0.2, -0.15) is 0 Å². The van der Waals surface area contributed by atoms with Crippen molar-refractivity contribution in [2.45, 2.75) is 38.3 Å². The number of aliphatic carboxylic acids is 1. The molecule has 0 bridgehead atoms. The summed E-state index contributed by atoms with van der Waals surface area (Å²) in [6.07, 6.45) is 0.289. The molecular formula is C9H15NO4. The molecular weight excluding hydrogens is 186 g/mol. The monoisotopic (exact) mass is 201 g/mol. The van der Waals surface area contributed by atoms with Gasteiger partial charge in [0.2, 0.25) is 5.54 Å². The second kappa shape index (κ2) is 3.24. The van der Waals surface area contributed by atoms with Gasteiger partial charge in [0.1, 0.15) is 5.60 Å². The fraction of sp³-hybridized carbons (Fsp3) is 0.778. The van der Waals surface area contributed by atoms with E-state index in [1.807, 2.05) is 0 Å². The third-order valence-electron chi connectivity index (χ3n) is 2.04. The van der Waals surface area contributed by atoms with Gasteiger partial charge in [0, 0.05) is 0 Å². The maximum absolute atomic E-state index is 11.5. The zero-order valence-corrected chi connectivity index (χ0v) is 8.59. The molecule has 0 aromatic carbocycles. The van der Waals surface area contributed by atoms with Gasteiger partial charge < -0.3 is 9.84 Å².